The molecule has 1 unspecified atom stereocenters. The summed E-state index contributed by atoms with van der Waals surface area (Å²) in [6, 6.07) is 2.20. The second-order valence-electron chi connectivity index (χ2n) is 3.69. The minimum absolute atomic E-state index is 0.241. The molecule has 0 saturated carbocycles. The number of aryl methyl sites for hydroxylation is 1. The molecule has 4 heteroatoms. The first-order valence-electron chi connectivity index (χ1n) is 5.28. The van der Waals surface area contributed by atoms with Gasteiger partial charge < -0.3 is 10.1 Å². The maximum atomic E-state index is 13.6. The van der Waals surface area contributed by atoms with Crippen LogP contribution in [0.2, 0.25) is 0 Å². The fraction of sp³-hybridized carbons (Fsp3) is 0.500. The number of halogens is 2. The van der Waals surface area contributed by atoms with Gasteiger partial charge in [-0.15, -0.1) is 0 Å². The quantitative estimate of drug-likeness (QED) is 0.837. The van der Waals surface area contributed by atoms with Gasteiger partial charge in [0.25, 0.3) is 0 Å². The zero-order valence-corrected chi connectivity index (χ0v) is 9.81. The van der Waals surface area contributed by atoms with Crippen molar-refractivity contribution in [2.75, 3.05) is 20.3 Å². The Morgan fingerprint density at radius 1 is 1.31 bits per heavy atom. The first-order chi connectivity index (χ1) is 7.60. The minimum Gasteiger partial charge on any atom is -0.383 e. The summed E-state index contributed by atoms with van der Waals surface area (Å²) in [5.41, 5.74) is 0.887. The van der Waals surface area contributed by atoms with Crippen LogP contribution in [0.25, 0.3) is 0 Å². The molecular weight excluding hydrogens is 212 g/mol. The number of likely N-dealkylation sites (N-methyl/N-ethyl adjacent to an activating group) is 1. The molecule has 2 nitrogen and oxygen atoms in total. The fourth-order valence-corrected chi connectivity index (χ4v) is 1.62. The predicted molar refractivity (Wildman–Crippen MR) is 59.4 cm³/mol. The average Bonchev–Trinajstić information content (AvgIpc) is 2.23. The van der Waals surface area contributed by atoms with Crippen LogP contribution in [-0.4, -0.2) is 20.3 Å². The summed E-state index contributed by atoms with van der Waals surface area (Å²) in [4.78, 5) is 0. The Morgan fingerprint density at radius 3 is 2.56 bits per heavy atom. The van der Waals surface area contributed by atoms with Gasteiger partial charge in [-0.25, -0.2) is 8.78 Å². The number of rotatable bonds is 5. The molecule has 90 valence electrons. The number of hydrogen-bond donors (Lipinski definition) is 1. The lowest BCUT2D eigenvalue weighted by atomic mass is 10.0. The summed E-state index contributed by atoms with van der Waals surface area (Å²) in [7, 11) is 1.55. The Labute approximate surface area is 94.6 Å². The number of benzene rings is 1. The molecule has 0 saturated heterocycles. The second kappa shape index (κ2) is 5.92. The Morgan fingerprint density at radius 2 is 2.00 bits per heavy atom. The van der Waals surface area contributed by atoms with E-state index in [1.165, 1.54) is 6.07 Å². The van der Waals surface area contributed by atoms with Crippen LogP contribution < -0.4 is 5.32 Å². The van der Waals surface area contributed by atoms with E-state index in [0.717, 1.165) is 6.07 Å². The molecule has 1 rings (SSSR count). The van der Waals surface area contributed by atoms with Crippen LogP contribution in [0.4, 0.5) is 8.78 Å². The highest BCUT2D eigenvalue weighted by molar-refractivity contribution is 5.28. The van der Waals surface area contributed by atoms with Crippen molar-refractivity contribution in [1.82, 2.24) is 5.32 Å². The third-order valence-electron chi connectivity index (χ3n) is 2.44. The summed E-state index contributed by atoms with van der Waals surface area (Å²) in [6.45, 7) is 4.60. The first kappa shape index (κ1) is 13.1. The maximum absolute atomic E-state index is 13.6. The molecule has 0 aliphatic rings. The number of methoxy groups -OCH3 is 1. The molecule has 0 aliphatic heterocycles. The van der Waals surface area contributed by atoms with Gasteiger partial charge in [-0.1, -0.05) is 6.92 Å². The zero-order valence-electron chi connectivity index (χ0n) is 9.81. The molecule has 0 spiro atoms. The third kappa shape index (κ3) is 3.00. The lowest BCUT2D eigenvalue weighted by molar-refractivity contribution is 0.166. The van der Waals surface area contributed by atoms with E-state index in [-0.39, 0.29) is 6.04 Å². The molecule has 0 bridgehead atoms. The molecule has 0 heterocycles. The Hall–Kier alpha value is -1.00. The average molecular weight is 229 g/mol. The number of nitrogens with one attached hydrogen (secondary N) is 1. The van der Waals surface area contributed by atoms with Crippen LogP contribution >= 0.6 is 0 Å². The Bertz CT molecular complexity index is 349. The van der Waals surface area contributed by atoms with Crippen molar-refractivity contribution < 1.29 is 13.5 Å². The summed E-state index contributed by atoms with van der Waals surface area (Å²) >= 11 is 0. The van der Waals surface area contributed by atoms with E-state index in [4.69, 9.17) is 4.74 Å². The van der Waals surface area contributed by atoms with Crippen molar-refractivity contribution in [2.45, 2.75) is 19.9 Å². The monoisotopic (exact) mass is 229 g/mol. The Balaban J connectivity index is 3.03. The van der Waals surface area contributed by atoms with Crippen LogP contribution in [0.1, 0.15) is 24.1 Å². The number of ether oxygens (including phenoxy) is 1. The SMILES string of the molecule is CCNC(COC)c1cc(C)c(F)cc1F. The van der Waals surface area contributed by atoms with Crippen LogP contribution in [0.15, 0.2) is 12.1 Å². The summed E-state index contributed by atoms with van der Waals surface area (Å²) in [5, 5.41) is 3.10. The van der Waals surface area contributed by atoms with Gasteiger partial charge in [0.1, 0.15) is 11.6 Å². The van der Waals surface area contributed by atoms with Gasteiger partial charge in [-0.3, -0.25) is 0 Å². The molecular formula is C12H17F2NO. The van der Waals surface area contributed by atoms with E-state index in [0.29, 0.717) is 24.3 Å². The molecule has 1 N–H and O–H groups in total. The van der Waals surface area contributed by atoms with Gasteiger partial charge in [-0.2, -0.15) is 0 Å². The fourth-order valence-electron chi connectivity index (χ4n) is 1.62. The lowest BCUT2D eigenvalue weighted by Crippen LogP contribution is -2.26. The molecule has 1 aromatic rings. The van der Waals surface area contributed by atoms with Crippen molar-refractivity contribution in [3.05, 3.63) is 34.9 Å². The van der Waals surface area contributed by atoms with Gasteiger partial charge in [0.05, 0.1) is 12.6 Å². The standard InChI is InChI=1S/C12H17F2NO/c1-4-15-12(7-16-3)9-5-8(2)10(13)6-11(9)14/h5-6,12,15H,4,7H2,1-3H3. The topological polar surface area (TPSA) is 21.3 Å². The molecule has 0 fully saturated rings. The van der Waals surface area contributed by atoms with Crippen LogP contribution in [0.5, 0.6) is 0 Å². The van der Waals surface area contributed by atoms with Gasteiger partial charge in [0, 0.05) is 18.7 Å². The normalized spacial score (nSPS) is 12.8. The highest BCUT2D eigenvalue weighted by atomic mass is 19.1. The Kier molecular flexibility index (Phi) is 4.83. The highest BCUT2D eigenvalue weighted by Gasteiger charge is 2.16. The molecule has 0 aromatic heterocycles. The molecule has 16 heavy (non-hydrogen) atoms. The lowest BCUT2D eigenvalue weighted by Gasteiger charge is -2.18. The van der Waals surface area contributed by atoms with Crippen molar-refractivity contribution in [1.29, 1.82) is 0 Å². The van der Waals surface area contributed by atoms with E-state index >= 15 is 0 Å². The zero-order chi connectivity index (χ0) is 12.1. The minimum atomic E-state index is -0.536. The van der Waals surface area contributed by atoms with Crippen molar-refractivity contribution in [2.24, 2.45) is 0 Å². The summed E-state index contributed by atoms with van der Waals surface area (Å²) < 4.78 is 31.7. The molecule has 0 aliphatic carbocycles. The molecule has 1 atom stereocenters. The highest BCUT2D eigenvalue weighted by Crippen LogP contribution is 2.21. The molecule has 1 aromatic carbocycles. The molecule has 0 amide bonds. The van der Waals surface area contributed by atoms with E-state index in [2.05, 4.69) is 5.32 Å². The maximum Gasteiger partial charge on any atom is 0.131 e. The predicted octanol–water partition coefficient (Wildman–Crippen LogP) is 2.57. The van der Waals surface area contributed by atoms with Gasteiger partial charge in [0.15, 0.2) is 0 Å². The van der Waals surface area contributed by atoms with Gasteiger partial charge >= 0.3 is 0 Å². The van der Waals surface area contributed by atoms with Crippen molar-refractivity contribution >= 4 is 0 Å². The van der Waals surface area contributed by atoms with Crippen LogP contribution in [0, 0.1) is 18.6 Å². The largest absolute Gasteiger partial charge is 0.383 e. The second-order valence-corrected chi connectivity index (χ2v) is 3.69. The van der Waals surface area contributed by atoms with Crippen LogP contribution in [-0.2, 0) is 4.74 Å². The number of hydrogen-bond acceptors (Lipinski definition) is 2. The van der Waals surface area contributed by atoms with E-state index in [1.54, 1.807) is 14.0 Å². The van der Waals surface area contributed by atoms with Gasteiger partial charge in [0.2, 0.25) is 0 Å². The smallest absolute Gasteiger partial charge is 0.131 e. The van der Waals surface area contributed by atoms with Crippen LogP contribution in [0.3, 0.4) is 0 Å². The summed E-state index contributed by atoms with van der Waals surface area (Å²) in [5.74, 6) is -1.06. The van der Waals surface area contributed by atoms with E-state index in [9.17, 15) is 8.78 Å². The van der Waals surface area contributed by atoms with E-state index < -0.39 is 11.6 Å². The van der Waals surface area contributed by atoms with Crippen molar-refractivity contribution in [3.63, 3.8) is 0 Å². The first-order valence-corrected chi connectivity index (χ1v) is 5.28. The van der Waals surface area contributed by atoms with E-state index in [1.807, 2.05) is 6.92 Å². The third-order valence-corrected chi connectivity index (χ3v) is 2.44. The van der Waals surface area contributed by atoms with Crippen molar-refractivity contribution in [3.8, 4) is 0 Å². The molecule has 0 radical (unpaired) electrons. The summed E-state index contributed by atoms with van der Waals surface area (Å²) in [6.07, 6.45) is 0. The van der Waals surface area contributed by atoms with Gasteiger partial charge in [-0.05, 0) is 25.1 Å².